The predicted molar refractivity (Wildman–Crippen MR) is 76.2 cm³/mol. The van der Waals surface area contributed by atoms with Crippen LogP contribution in [0.1, 0.15) is 26.7 Å². The smallest absolute Gasteiger partial charge is 0.144 e. The van der Waals surface area contributed by atoms with Gasteiger partial charge in [-0.25, -0.2) is 0 Å². The van der Waals surface area contributed by atoms with Crippen molar-refractivity contribution in [2.75, 3.05) is 37.4 Å². The average Bonchev–Trinajstić information content (AvgIpc) is 2.39. The molecule has 4 heteroatoms. The summed E-state index contributed by atoms with van der Waals surface area (Å²) in [6.45, 7) is 7.22. The van der Waals surface area contributed by atoms with E-state index in [2.05, 4.69) is 12.2 Å². The number of ether oxygens (including phenoxy) is 2. The van der Waals surface area contributed by atoms with E-state index in [9.17, 15) is 0 Å². The van der Waals surface area contributed by atoms with Crippen molar-refractivity contribution in [1.29, 1.82) is 0 Å². The van der Waals surface area contributed by atoms with Crippen molar-refractivity contribution in [2.45, 2.75) is 26.7 Å². The highest BCUT2D eigenvalue weighted by atomic mass is 16.5. The van der Waals surface area contributed by atoms with Gasteiger partial charge in [0.25, 0.3) is 0 Å². The van der Waals surface area contributed by atoms with Crippen LogP contribution in [0.5, 0.6) is 5.75 Å². The molecule has 1 rings (SSSR count). The molecule has 4 nitrogen and oxygen atoms in total. The summed E-state index contributed by atoms with van der Waals surface area (Å²) < 4.78 is 10.9. The Morgan fingerprint density at radius 2 is 2.06 bits per heavy atom. The average molecular weight is 252 g/mol. The highest BCUT2D eigenvalue weighted by Gasteiger charge is 2.01. The zero-order chi connectivity index (χ0) is 13.2. The zero-order valence-corrected chi connectivity index (χ0v) is 11.4. The normalized spacial score (nSPS) is 10.3. The van der Waals surface area contributed by atoms with Gasteiger partial charge in [0.1, 0.15) is 5.75 Å². The van der Waals surface area contributed by atoms with Gasteiger partial charge >= 0.3 is 0 Å². The highest BCUT2D eigenvalue weighted by Crippen LogP contribution is 2.25. The molecule has 0 aromatic heterocycles. The van der Waals surface area contributed by atoms with Crippen LogP contribution < -0.4 is 15.8 Å². The van der Waals surface area contributed by atoms with Gasteiger partial charge in [0, 0.05) is 31.5 Å². The van der Waals surface area contributed by atoms with Crippen LogP contribution in [0.3, 0.4) is 0 Å². The number of rotatable bonds is 9. The quantitative estimate of drug-likeness (QED) is 0.524. The largest absolute Gasteiger partial charge is 0.491 e. The number of anilines is 2. The fourth-order valence-corrected chi connectivity index (χ4v) is 1.53. The third-order valence-corrected chi connectivity index (χ3v) is 2.47. The molecule has 0 saturated carbocycles. The summed E-state index contributed by atoms with van der Waals surface area (Å²) in [7, 11) is 0. The van der Waals surface area contributed by atoms with Crippen molar-refractivity contribution >= 4 is 11.4 Å². The maximum atomic E-state index is 5.85. The second kappa shape index (κ2) is 8.64. The Bertz CT molecular complexity index is 343. The molecule has 0 bridgehead atoms. The predicted octanol–water partition coefficient (Wildman–Crippen LogP) is 2.90. The molecule has 18 heavy (non-hydrogen) atoms. The van der Waals surface area contributed by atoms with E-state index >= 15 is 0 Å². The van der Waals surface area contributed by atoms with Crippen molar-refractivity contribution in [3.05, 3.63) is 18.2 Å². The third kappa shape index (κ3) is 5.27. The number of nitrogen functional groups attached to an aromatic ring is 1. The van der Waals surface area contributed by atoms with E-state index < -0.39 is 0 Å². The second-order valence-corrected chi connectivity index (χ2v) is 4.08. The lowest BCUT2D eigenvalue weighted by Gasteiger charge is -2.11. The molecule has 0 spiro atoms. The highest BCUT2D eigenvalue weighted by molar-refractivity contribution is 5.61. The molecule has 102 valence electrons. The van der Waals surface area contributed by atoms with E-state index in [-0.39, 0.29) is 0 Å². The number of nitrogens with one attached hydrogen (secondary N) is 1. The Morgan fingerprint density at radius 3 is 2.78 bits per heavy atom. The molecule has 0 atom stereocenters. The van der Waals surface area contributed by atoms with Crippen LogP contribution in [0.15, 0.2) is 18.2 Å². The molecular formula is C14H24N2O2. The van der Waals surface area contributed by atoms with E-state index in [1.54, 1.807) is 0 Å². The van der Waals surface area contributed by atoms with Crippen LogP contribution in [0.2, 0.25) is 0 Å². The molecule has 0 aliphatic rings. The molecule has 0 saturated heterocycles. The Morgan fingerprint density at radius 1 is 1.22 bits per heavy atom. The molecule has 0 unspecified atom stereocenters. The Balaban J connectivity index is 2.40. The van der Waals surface area contributed by atoms with Gasteiger partial charge in [-0.2, -0.15) is 0 Å². The van der Waals surface area contributed by atoms with Gasteiger partial charge < -0.3 is 20.5 Å². The van der Waals surface area contributed by atoms with Gasteiger partial charge in [-0.1, -0.05) is 6.92 Å². The van der Waals surface area contributed by atoms with Gasteiger partial charge in [0.15, 0.2) is 0 Å². The zero-order valence-electron chi connectivity index (χ0n) is 11.4. The fraction of sp³-hybridized carbons (Fsp3) is 0.571. The van der Waals surface area contributed by atoms with Gasteiger partial charge in [-0.3, -0.25) is 0 Å². The first-order valence-electron chi connectivity index (χ1n) is 6.61. The molecule has 0 heterocycles. The van der Waals surface area contributed by atoms with Gasteiger partial charge in [0.05, 0.1) is 12.3 Å². The summed E-state index contributed by atoms with van der Waals surface area (Å²) in [5.74, 6) is 0.756. The first-order chi connectivity index (χ1) is 8.77. The minimum Gasteiger partial charge on any atom is -0.491 e. The fourth-order valence-electron chi connectivity index (χ4n) is 1.53. The van der Waals surface area contributed by atoms with E-state index in [1.165, 1.54) is 0 Å². The van der Waals surface area contributed by atoms with Crippen LogP contribution in [-0.4, -0.2) is 26.4 Å². The summed E-state index contributed by atoms with van der Waals surface area (Å²) in [5, 5.41) is 3.33. The van der Waals surface area contributed by atoms with E-state index in [0.717, 1.165) is 44.0 Å². The molecule has 0 amide bonds. The van der Waals surface area contributed by atoms with Crippen LogP contribution >= 0.6 is 0 Å². The topological polar surface area (TPSA) is 56.5 Å². The summed E-state index contributed by atoms with van der Waals surface area (Å²) >= 11 is 0. The van der Waals surface area contributed by atoms with Crippen molar-refractivity contribution in [3.63, 3.8) is 0 Å². The van der Waals surface area contributed by atoms with Crippen LogP contribution in [0.25, 0.3) is 0 Å². The lowest BCUT2D eigenvalue weighted by molar-refractivity contribution is 0.147. The summed E-state index contributed by atoms with van der Waals surface area (Å²) in [6, 6.07) is 5.79. The van der Waals surface area contributed by atoms with Gasteiger partial charge in [-0.05, 0) is 31.9 Å². The molecule has 0 aliphatic carbocycles. The van der Waals surface area contributed by atoms with Crippen LogP contribution in [-0.2, 0) is 4.74 Å². The molecular weight excluding hydrogens is 228 g/mol. The van der Waals surface area contributed by atoms with Gasteiger partial charge in [-0.15, -0.1) is 0 Å². The number of hydrogen-bond acceptors (Lipinski definition) is 4. The Labute approximate surface area is 109 Å². The minimum atomic E-state index is 0.684. The number of benzene rings is 1. The lowest BCUT2D eigenvalue weighted by Crippen LogP contribution is -2.06. The molecule has 0 fully saturated rings. The number of hydrogen-bond donors (Lipinski definition) is 2. The first kappa shape index (κ1) is 14.6. The monoisotopic (exact) mass is 252 g/mol. The van der Waals surface area contributed by atoms with Crippen LogP contribution in [0.4, 0.5) is 11.4 Å². The minimum absolute atomic E-state index is 0.684. The van der Waals surface area contributed by atoms with E-state index in [1.807, 2.05) is 25.1 Å². The maximum absolute atomic E-state index is 5.85. The van der Waals surface area contributed by atoms with Crippen molar-refractivity contribution in [2.24, 2.45) is 0 Å². The molecule has 3 N–H and O–H groups in total. The standard InChI is InChI=1S/C14H24N2O2/c1-3-9-18-14-11-12(6-7-13(14)15)16-8-5-10-17-4-2/h6-7,11,16H,3-5,8-10,15H2,1-2H3. The summed E-state index contributed by atoms with van der Waals surface area (Å²) in [6.07, 6.45) is 1.97. The van der Waals surface area contributed by atoms with Crippen molar-refractivity contribution < 1.29 is 9.47 Å². The third-order valence-electron chi connectivity index (χ3n) is 2.47. The van der Waals surface area contributed by atoms with Crippen LogP contribution in [0, 0.1) is 0 Å². The molecule has 0 aliphatic heterocycles. The van der Waals surface area contributed by atoms with Gasteiger partial charge in [0.2, 0.25) is 0 Å². The maximum Gasteiger partial charge on any atom is 0.144 e. The van der Waals surface area contributed by atoms with E-state index in [4.69, 9.17) is 15.2 Å². The molecule has 1 aromatic rings. The summed E-state index contributed by atoms with van der Waals surface area (Å²) in [5.41, 5.74) is 7.57. The number of nitrogens with two attached hydrogens (primary N) is 1. The Kier molecular flexibility index (Phi) is 7.03. The Hall–Kier alpha value is -1.42. The van der Waals surface area contributed by atoms with Crippen molar-refractivity contribution in [1.82, 2.24) is 0 Å². The summed E-state index contributed by atoms with van der Waals surface area (Å²) in [4.78, 5) is 0. The second-order valence-electron chi connectivity index (χ2n) is 4.08. The molecule has 0 radical (unpaired) electrons. The first-order valence-corrected chi connectivity index (χ1v) is 6.61. The van der Waals surface area contributed by atoms with Crippen molar-refractivity contribution in [3.8, 4) is 5.75 Å². The SMILES string of the molecule is CCCOc1cc(NCCCOCC)ccc1N. The molecule has 1 aromatic carbocycles. The lowest BCUT2D eigenvalue weighted by atomic mass is 10.2. The van der Waals surface area contributed by atoms with E-state index in [0.29, 0.717) is 12.3 Å².